The highest BCUT2D eigenvalue weighted by Gasteiger charge is 1.90. The van der Waals surface area contributed by atoms with Gasteiger partial charge in [0.25, 0.3) is 0 Å². The number of hydrogen-bond acceptors (Lipinski definition) is 3. The van der Waals surface area contributed by atoms with Crippen molar-refractivity contribution in [3.05, 3.63) is 0 Å². The summed E-state index contributed by atoms with van der Waals surface area (Å²) in [5.74, 6) is 0.858. The average Bonchev–Trinajstić information content (AvgIpc) is 1.87. The van der Waals surface area contributed by atoms with Crippen molar-refractivity contribution in [2.75, 3.05) is 5.75 Å². The van der Waals surface area contributed by atoms with E-state index in [1.165, 1.54) is 11.8 Å². The van der Waals surface area contributed by atoms with Crippen LogP contribution in [0.15, 0.2) is 0 Å². The molecule has 0 unspecified atom stereocenters. The van der Waals surface area contributed by atoms with E-state index in [4.69, 9.17) is 16.4 Å². The van der Waals surface area contributed by atoms with Crippen LogP contribution in [-0.2, 0) is 0 Å². The zero-order valence-corrected chi connectivity index (χ0v) is 6.58. The van der Waals surface area contributed by atoms with Crippen LogP contribution in [0.2, 0.25) is 0 Å². The number of rotatable bonds is 4. The maximum atomic E-state index is 8.15. The van der Waals surface area contributed by atoms with Gasteiger partial charge in [-0.25, -0.2) is 0 Å². The monoisotopic (exact) mass is 157 g/mol. The molecule has 0 spiro atoms. The number of nitrogens with zero attached hydrogens (tertiary/aromatic N) is 1. The lowest BCUT2D eigenvalue weighted by molar-refractivity contribution is 0.831. The van der Waals surface area contributed by atoms with Crippen molar-refractivity contribution >= 4 is 16.9 Å². The Bertz CT molecular complexity index is 138. The van der Waals surface area contributed by atoms with Gasteiger partial charge in [0.05, 0.1) is 6.07 Å². The molecule has 4 heteroatoms. The van der Waals surface area contributed by atoms with Gasteiger partial charge in [0.2, 0.25) is 0 Å². The maximum absolute atomic E-state index is 8.15. The van der Waals surface area contributed by atoms with Crippen LogP contribution in [0, 0.1) is 16.7 Å². The minimum atomic E-state index is 0.164. The summed E-state index contributed by atoms with van der Waals surface area (Å²) >= 11 is 1.33. The number of amidine groups is 1. The van der Waals surface area contributed by atoms with Crippen LogP contribution in [-0.4, -0.2) is 10.9 Å². The highest BCUT2D eigenvalue weighted by molar-refractivity contribution is 8.13. The topological polar surface area (TPSA) is 73.7 Å². The van der Waals surface area contributed by atoms with E-state index in [1.54, 1.807) is 0 Å². The fourth-order valence-electron chi connectivity index (χ4n) is 0.488. The van der Waals surface area contributed by atoms with Gasteiger partial charge in [0.15, 0.2) is 5.17 Å². The van der Waals surface area contributed by atoms with Gasteiger partial charge in [-0.15, -0.1) is 0 Å². The van der Waals surface area contributed by atoms with Crippen LogP contribution in [0.25, 0.3) is 0 Å². The largest absolute Gasteiger partial charge is 0.379 e. The molecule has 0 aliphatic carbocycles. The molecular formula is C6H11N3S. The molecule has 0 rings (SSSR count). The molecule has 0 aliphatic rings. The fourth-order valence-corrected chi connectivity index (χ4v) is 1.06. The molecule has 3 nitrogen and oxygen atoms in total. The summed E-state index contributed by atoms with van der Waals surface area (Å²) in [6, 6.07) is 2.06. The van der Waals surface area contributed by atoms with Gasteiger partial charge in [-0.05, 0) is 12.8 Å². The molecule has 10 heavy (non-hydrogen) atoms. The fraction of sp³-hybridized carbons (Fsp3) is 0.667. The Morgan fingerprint density at radius 1 is 1.60 bits per heavy atom. The summed E-state index contributed by atoms with van der Waals surface area (Å²) in [6.45, 7) is 0. The number of nitrogens with one attached hydrogen (secondary N) is 1. The molecule has 0 fully saturated rings. The van der Waals surface area contributed by atoms with Crippen molar-refractivity contribution in [3.8, 4) is 6.07 Å². The van der Waals surface area contributed by atoms with Gasteiger partial charge in [-0.2, -0.15) is 5.26 Å². The average molecular weight is 157 g/mol. The third-order valence-electron chi connectivity index (χ3n) is 0.940. The molecule has 0 aromatic carbocycles. The van der Waals surface area contributed by atoms with Crippen LogP contribution < -0.4 is 5.73 Å². The molecule has 3 N–H and O–H groups in total. The van der Waals surface area contributed by atoms with E-state index >= 15 is 0 Å². The van der Waals surface area contributed by atoms with E-state index in [1.807, 2.05) is 0 Å². The van der Waals surface area contributed by atoms with Gasteiger partial charge >= 0.3 is 0 Å². The van der Waals surface area contributed by atoms with E-state index in [0.29, 0.717) is 6.42 Å². The normalized spacial score (nSPS) is 8.70. The van der Waals surface area contributed by atoms with Crippen LogP contribution in [0.1, 0.15) is 19.3 Å². The number of nitriles is 1. The molecule has 0 radical (unpaired) electrons. The third-order valence-corrected chi connectivity index (χ3v) is 1.74. The van der Waals surface area contributed by atoms with Crippen molar-refractivity contribution < 1.29 is 0 Å². The van der Waals surface area contributed by atoms with Gasteiger partial charge in [0.1, 0.15) is 0 Å². The van der Waals surface area contributed by atoms with Crippen LogP contribution in [0.4, 0.5) is 0 Å². The predicted molar refractivity (Wildman–Crippen MR) is 43.8 cm³/mol. The molecule has 0 amide bonds. The SMILES string of the molecule is N#CCCCCSC(=N)N. The molecule has 56 valence electrons. The minimum Gasteiger partial charge on any atom is -0.379 e. The second kappa shape index (κ2) is 6.43. The Hall–Kier alpha value is -0.690. The predicted octanol–water partition coefficient (Wildman–Crippen LogP) is 1.31. The first-order chi connectivity index (χ1) is 4.77. The lowest BCUT2D eigenvalue weighted by atomic mass is 10.3. The first-order valence-corrected chi connectivity index (χ1v) is 4.09. The quantitative estimate of drug-likeness (QED) is 0.367. The van der Waals surface area contributed by atoms with E-state index < -0.39 is 0 Å². The Kier molecular flexibility index (Phi) is 5.99. The van der Waals surface area contributed by atoms with Gasteiger partial charge in [-0.3, -0.25) is 5.41 Å². The highest BCUT2D eigenvalue weighted by Crippen LogP contribution is 2.03. The minimum absolute atomic E-state index is 0.164. The van der Waals surface area contributed by atoms with Gasteiger partial charge < -0.3 is 5.73 Å². The summed E-state index contributed by atoms with van der Waals surface area (Å²) in [5, 5.41) is 15.2. The van der Waals surface area contributed by atoms with Crippen LogP contribution in [0.5, 0.6) is 0 Å². The molecule has 0 saturated carbocycles. The van der Waals surface area contributed by atoms with E-state index in [-0.39, 0.29) is 5.17 Å². The van der Waals surface area contributed by atoms with E-state index in [0.717, 1.165) is 18.6 Å². The van der Waals surface area contributed by atoms with Crippen LogP contribution >= 0.6 is 11.8 Å². The van der Waals surface area contributed by atoms with Gasteiger partial charge in [0, 0.05) is 12.2 Å². The standard InChI is InChI=1S/C6H11N3S/c7-4-2-1-3-5-10-6(8)9/h1-3,5H2,(H3,8,9). The van der Waals surface area contributed by atoms with Gasteiger partial charge in [-0.1, -0.05) is 11.8 Å². The van der Waals surface area contributed by atoms with E-state index in [9.17, 15) is 0 Å². The van der Waals surface area contributed by atoms with Crippen molar-refractivity contribution in [2.45, 2.75) is 19.3 Å². The summed E-state index contributed by atoms with van der Waals surface area (Å²) in [7, 11) is 0. The Labute approximate surface area is 65.1 Å². The molecular weight excluding hydrogens is 146 g/mol. The molecule has 0 aliphatic heterocycles. The third kappa shape index (κ3) is 7.31. The highest BCUT2D eigenvalue weighted by atomic mass is 32.2. The maximum Gasteiger partial charge on any atom is 0.151 e. The zero-order valence-electron chi connectivity index (χ0n) is 5.76. The van der Waals surface area contributed by atoms with Crippen molar-refractivity contribution in [2.24, 2.45) is 5.73 Å². The second-order valence-corrected chi connectivity index (χ2v) is 2.96. The summed E-state index contributed by atoms with van der Waals surface area (Å²) < 4.78 is 0. The van der Waals surface area contributed by atoms with Crippen molar-refractivity contribution in [1.82, 2.24) is 0 Å². The molecule has 0 saturated heterocycles. The Morgan fingerprint density at radius 2 is 2.30 bits per heavy atom. The molecule has 0 aromatic heterocycles. The number of hydrogen-bond donors (Lipinski definition) is 2. The summed E-state index contributed by atoms with van der Waals surface area (Å²) in [4.78, 5) is 0. The number of unbranched alkanes of at least 4 members (excludes halogenated alkanes) is 2. The number of nitrogens with two attached hydrogens (primary N) is 1. The number of thioether (sulfide) groups is 1. The first-order valence-electron chi connectivity index (χ1n) is 3.11. The van der Waals surface area contributed by atoms with Crippen LogP contribution in [0.3, 0.4) is 0 Å². The lowest BCUT2D eigenvalue weighted by Gasteiger charge is -1.94. The summed E-state index contributed by atoms with van der Waals surface area (Å²) in [6.07, 6.45) is 2.49. The summed E-state index contributed by atoms with van der Waals surface area (Å²) in [5.41, 5.74) is 5.09. The Balaban J connectivity index is 2.92. The lowest BCUT2D eigenvalue weighted by Crippen LogP contribution is -2.04. The van der Waals surface area contributed by atoms with Crippen molar-refractivity contribution in [3.63, 3.8) is 0 Å². The van der Waals surface area contributed by atoms with E-state index in [2.05, 4.69) is 6.07 Å². The molecule has 0 heterocycles. The zero-order chi connectivity index (χ0) is 7.82. The van der Waals surface area contributed by atoms with Crippen molar-refractivity contribution in [1.29, 1.82) is 10.7 Å². The molecule has 0 aromatic rings. The molecule has 0 bridgehead atoms. The second-order valence-electron chi connectivity index (χ2n) is 1.83. The smallest absolute Gasteiger partial charge is 0.151 e. The molecule has 0 atom stereocenters. The first kappa shape index (κ1) is 9.31. The Morgan fingerprint density at radius 3 is 2.80 bits per heavy atom.